The summed E-state index contributed by atoms with van der Waals surface area (Å²) in [5, 5.41) is 0. The molecule has 0 unspecified atom stereocenters. The Bertz CT molecular complexity index is 651. The van der Waals surface area contributed by atoms with Crippen molar-refractivity contribution < 1.29 is 13.9 Å². The quantitative estimate of drug-likeness (QED) is 0.854. The molecule has 3 nitrogen and oxygen atoms in total. The molecule has 0 radical (unpaired) electrons. The van der Waals surface area contributed by atoms with Gasteiger partial charge in [-0.25, -0.2) is 4.39 Å². The minimum atomic E-state index is -0.258. The van der Waals surface area contributed by atoms with Crippen LogP contribution in [0.5, 0.6) is 5.75 Å². The first-order chi connectivity index (χ1) is 11.2. The number of nitrogens with zero attached hydrogens (tertiary/aromatic N) is 1. The second-order valence-corrected chi connectivity index (χ2v) is 5.79. The molecule has 0 bridgehead atoms. The smallest absolute Gasteiger partial charge is 0.126 e. The van der Waals surface area contributed by atoms with Gasteiger partial charge in [0.05, 0.1) is 20.3 Å². The normalized spacial score (nSPS) is 17.0. The maximum Gasteiger partial charge on any atom is 0.126 e. The van der Waals surface area contributed by atoms with Crippen molar-refractivity contribution in [3.63, 3.8) is 0 Å². The minimum Gasteiger partial charge on any atom is -0.496 e. The third-order valence-corrected chi connectivity index (χ3v) is 4.46. The third kappa shape index (κ3) is 3.54. The summed E-state index contributed by atoms with van der Waals surface area (Å²) < 4.78 is 24.3. The molecule has 23 heavy (non-hydrogen) atoms. The highest BCUT2D eigenvalue weighted by molar-refractivity contribution is 5.70. The first-order valence-electron chi connectivity index (χ1n) is 7.94. The first-order valence-corrected chi connectivity index (χ1v) is 7.94. The van der Waals surface area contributed by atoms with Gasteiger partial charge in [0.25, 0.3) is 0 Å². The predicted octanol–water partition coefficient (Wildman–Crippen LogP) is 3.89. The molecule has 0 aromatic heterocycles. The topological polar surface area (TPSA) is 21.7 Å². The number of ether oxygens (including phenoxy) is 2. The SMILES string of the molecule is COc1ccc(F)cc1-c1ccc([C@@H](C)N2CCOCC2)cc1. The Morgan fingerprint density at radius 3 is 2.43 bits per heavy atom. The Morgan fingerprint density at radius 2 is 1.78 bits per heavy atom. The number of hydrogen-bond donors (Lipinski definition) is 0. The van der Waals surface area contributed by atoms with Crippen LogP contribution in [0, 0.1) is 5.82 Å². The molecule has 4 heteroatoms. The van der Waals surface area contributed by atoms with E-state index in [9.17, 15) is 4.39 Å². The van der Waals surface area contributed by atoms with E-state index in [0.717, 1.165) is 37.4 Å². The molecule has 1 atom stereocenters. The standard InChI is InChI=1S/C19H22FNO2/c1-14(21-9-11-23-12-10-21)15-3-5-16(6-4-15)18-13-17(20)7-8-19(18)22-2/h3-8,13-14H,9-12H2,1-2H3/t14-/m1/s1. The van der Waals surface area contributed by atoms with Gasteiger partial charge in [-0.2, -0.15) is 0 Å². The van der Waals surface area contributed by atoms with Crippen molar-refractivity contribution >= 4 is 0 Å². The molecule has 1 aliphatic heterocycles. The predicted molar refractivity (Wildman–Crippen MR) is 89.2 cm³/mol. The van der Waals surface area contributed by atoms with E-state index in [1.54, 1.807) is 13.2 Å². The molecule has 0 saturated carbocycles. The molecule has 0 N–H and O–H groups in total. The van der Waals surface area contributed by atoms with Crippen LogP contribution in [0.2, 0.25) is 0 Å². The zero-order chi connectivity index (χ0) is 16.2. The van der Waals surface area contributed by atoms with E-state index in [-0.39, 0.29) is 5.82 Å². The number of halogens is 1. The second-order valence-electron chi connectivity index (χ2n) is 5.79. The Morgan fingerprint density at radius 1 is 1.09 bits per heavy atom. The molecular formula is C19H22FNO2. The number of morpholine rings is 1. The molecule has 2 aromatic rings. The second kappa shape index (κ2) is 7.11. The molecule has 1 aliphatic rings. The van der Waals surface area contributed by atoms with Gasteiger partial charge in [-0.15, -0.1) is 0 Å². The lowest BCUT2D eigenvalue weighted by Crippen LogP contribution is -2.37. The molecule has 1 fully saturated rings. The maximum atomic E-state index is 13.5. The Hall–Kier alpha value is -1.91. The summed E-state index contributed by atoms with van der Waals surface area (Å²) in [5.41, 5.74) is 2.99. The van der Waals surface area contributed by atoms with Crippen molar-refractivity contribution in [2.75, 3.05) is 33.4 Å². The van der Waals surface area contributed by atoms with Crippen LogP contribution in [0.4, 0.5) is 4.39 Å². The summed E-state index contributed by atoms with van der Waals surface area (Å²) in [4.78, 5) is 2.42. The fourth-order valence-electron chi connectivity index (χ4n) is 3.02. The molecule has 0 spiro atoms. The van der Waals surface area contributed by atoms with Gasteiger partial charge >= 0.3 is 0 Å². The zero-order valence-corrected chi connectivity index (χ0v) is 13.6. The Balaban J connectivity index is 1.83. The monoisotopic (exact) mass is 315 g/mol. The third-order valence-electron chi connectivity index (χ3n) is 4.46. The molecule has 1 saturated heterocycles. The lowest BCUT2D eigenvalue weighted by Gasteiger charge is -2.32. The van der Waals surface area contributed by atoms with Crippen molar-refractivity contribution in [1.82, 2.24) is 4.90 Å². The van der Waals surface area contributed by atoms with Gasteiger partial charge in [0.1, 0.15) is 11.6 Å². The summed E-state index contributed by atoms with van der Waals surface area (Å²) in [6.45, 7) is 5.72. The van der Waals surface area contributed by atoms with Gasteiger partial charge in [-0.05, 0) is 36.2 Å². The van der Waals surface area contributed by atoms with Crippen LogP contribution in [0.25, 0.3) is 11.1 Å². The van der Waals surface area contributed by atoms with Crippen LogP contribution in [0.3, 0.4) is 0 Å². The van der Waals surface area contributed by atoms with Crippen molar-refractivity contribution in [2.24, 2.45) is 0 Å². The molecule has 1 heterocycles. The van der Waals surface area contributed by atoms with Crippen molar-refractivity contribution in [2.45, 2.75) is 13.0 Å². The van der Waals surface area contributed by atoms with Gasteiger partial charge in [-0.1, -0.05) is 24.3 Å². The van der Waals surface area contributed by atoms with E-state index in [2.05, 4.69) is 24.0 Å². The molecule has 122 valence electrons. The number of benzene rings is 2. The van der Waals surface area contributed by atoms with Gasteiger partial charge in [0, 0.05) is 24.7 Å². The van der Waals surface area contributed by atoms with E-state index in [1.165, 1.54) is 17.7 Å². The molecule has 3 rings (SSSR count). The fraction of sp³-hybridized carbons (Fsp3) is 0.368. The van der Waals surface area contributed by atoms with Crippen molar-refractivity contribution in [3.05, 3.63) is 53.8 Å². The van der Waals surface area contributed by atoms with Crippen LogP contribution in [-0.4, -0.2) is 38.3 Å². The van der Waals surface area contributed by atoms with E-state index >= 15 is 0 Å². The summed E-state index contributed by atoms with van der Waals surface area (Å²) in [7, 11) is 1.60. The van der Waals surface area contributed by atoms with Crippen LogP contribution in [-0.2, 0) is 4.74 Å². The molecule has 0 aliphatic carbocycles. The Kier molecular flexibility index (Phi) is 4.94. The number of rotatable bonds is 4. The average Bonchev–Trinajstić information content (AvgIpc) is 2.62. The van der Waals surface area contributed by atoms with E-state index in [4.69, 9.17) is 9.47 Å². The van der Waals surface area contributed by atoms with E-state index in [1.807, 2.05) is 12.1 Å². The minimum absolute atomic E-state index is 0.258. The highest BCUT2D eigenvalue weighted by Crippen LogP contribution is 2.32. The van der Waals surface area contributed by atoms with Gasteiger partial charge in [0.2, 0.25) is 0 Å². The van der Waals surface area contributed by atoms with Crippen molar-refractivity contribution in [3.8, 4) is 16.9 Å². The highest BCUT2D eigenvalue weighted by atomic mass is 19.1. The molecular weight excluding hydrogens is 293 g/mol. The largest absolute Gasteiger partial charge is 0.496 e. The van der Waals surface area contributed by atoms with Gasteiger partial charge in [-0.3, -0.25) is 4.90 Å². The molecule has 2 aromatic carbocycles. The first kappa shape index (κ1) is 16.0. The average molecular weight is 315 g/mol. The summed E-state index contributed by atoms with van der Waals surface area (Å²) in [6, 6.07) is 13.2. The summed E-state index contributed by atoms with van der Waals surface area (Å²) in [6.07, 6.45) is 0. The Labute approximate surface area is 136 Å². The fourth-order valence-corrected chi connectivity index (χ4v) is 3.02. The molecule has 0 amide bonds. The zero-order valence-electron chi connectivity index (χ0n) is 13.6. The van der Waals surface area contributed by atoms with Crippen LogP contribution in [0.1, 0.15) is 18.5 Å². The van der Waals surface area contributed by atoms with Crippen molar-refractivity contribution in [1.29, 1.82) is 0 Å². The van der Waals surface area contributed by atoms with Gasteiger partial charge in [0.15, 0.2) is 0 Å². The maximum absolute atomic E-state index is 13.5. The van der Waals surface area contributed by atoms with Gasteiger partial charge < -0.3 is 9.47 Å². The number of hydrogen-bond acceptors (Lipinski definition) is 3. The van der Waals surface area contributed by atoms with Crippen LogP contribution >= 0.6 is 0 Å². The van der Waals surface area contributed by atoms with Crippen LogP contribution in [0.15, 0.2) is 42.5 Å². The van der Waals surface area contributed by atoms with Crippen LogP contribution < -0.4 is 4.74 Å². The van der Waals surface area contributed by atoms with E-state index < -0.39 is 0 Å². The highest BCUT2D eigenvalue weighted by Gasteiger charge is 2.18. The lowest BCUT2D eigenvalue weighted by molar-refractivity contribution is 0.0198. The summed E-state index contributed by atoms with van der Waals surface area (Å²) in [5.74, 6) is 0.423. The number of methoxy groups -OCH3 is 1. The van der Waals surface area contributed by atoms with E-state index in [0.29, 0.717) is 11.8 Å². The lowest BCUT2D eigenvalue weighted by atomic mass is 9.99. The summed E-state index contributed by atoms with van der Waals surface area (Å²) >= 11 is 0.